The Bertz CT molecular complexity index is 405. The van der Waals surface area contributed by atoms with E-state index in [1.807, 2.05) is 20.8 Å². The highest BCUT2D eigenvalue weighted by molar-refractivity contribution is 5.76. The average molecular weight is 298 g/mol. The third-order valence-electron chi connectivity index (χ3n) is 5.20. The second kappa shape index (κ2) is 6.05. The smallest absolute Gasteiger partial charge is 0.311 e. The fourth-order valence-electron chi connectivity index (χ4n) is 3.32. The van der Waals surface area contributed by atoms with Gasteiger partial charge in [0.05, 0.1) is 24.7 Å². The highest BCUT2D eigenvalue weighted by atomic mass is 16.6. The van der Waals surface area contributed by atoms with Crippen molar-refractivity contribution in [2.75, 3.05) is 20.3 Å². The molecule has 0 aliphatic carbocycles. The average Bonchev–Trinajstić information content (AvgIpc) is 3.02. The van der Waals surface area contributed by atoms with Gasteiger partial charge in [-0.05, 0) is 33.1 Å². The fraction of sp³-hybridized carbons (Fsp3) is 0.875. The summed E-state index contributed by atoms with van der Waals surface area (Å²) in [5.41, 5.74) is -1.28. The van der Waals surface area contributed by atoms with Gasteiger partial charge in [0.2, 0.25) is 0 Å². The molecule has 0 aromatic rings. The van der Waals surface area contributed by atoms with Crippen LogP contribution in [0.5, 0.6) is 0 Å². The molecule has 0 radical (unpaired) electrons. The molecule has 120 valence electrons. The van der Waals surface area contributed by atoms with Crippen LogP contribution in [0.15, 0.2) is 0 Å². The largest absolute Gasteiger partial charge is 0.465 e. The van der Waals surface area contributed by atoms with Crippen molar-refractivity contribution in [2.45, 2.75) is 51.7 Å². The Morgan fingerprint density at radius 1 is 1.43 bits per heavy atom. The predicted molar refractivity (Wildman–Crippen MR) is 76.8 cm³/mol. The third kappa shape index (κ3) is 2.86. The van der Waals surface area contributed by atoms with Crippen molar-refractivity contribution in [3.8, 4) is 0 Å². The van der Waals surface area contributed by atoms with E-state index in [1.54, 1.807) is 7.11 Å². The van der Waals surface area contributed by atoms with E-state index in [9.17, 15) is 9.59 Å². The van der Waals surface area contributed by atoms with Crippen LogP contribution >= 0.6 is 0 Å². The van der Waals surface area contributed by atoms with Crippen LogP contribution in [0.3, 0.4) is 0 Å². The molecule has 0 N–H and O–H groups in total. The number of carbonyl (C=O) groups excluding carboxylic acids is 2. The van der Waals surface area contributed by atoms with E-state index in [4.69, 9.17) is 14.2 Å². The topological polar surface area (TPSA) is 61.8 Å². The zero-order valence-corrected chi connectivity index (χ0v) is 13.4. The molecule has 2 heterocycles. The lowest BCUT2D eigenvalue weighted by Crippen LogP contribution is -2.44. The lowest BCUT2D eigenvalue weighted by atomic mass is 9.73. The van der Waals surface area contributed by atoms with Crippen molar-refractivity contribution in [1.82, 2.24) is 0 Å². The number of fused-ring (bicyclic) bond motifs is 2. The van der Waals surface area contributed by atoms with Gasteiger partial charge in [0.15, 0.2) is 6.29 Å². The summed E-state index contributed by atoms with van der Waals surface area (Å²) in [6.45, 7) is 6.46. The normalized spacial score (nSPS) is 35.0. The van der Waals surface area contributed by atoms with E-state index in [1.165, 1.54) is 0 Å². The summed E-state index contributed by atoms with van der Waals surface area (Å²) in [4.78, 5) is 23.7. The molecule has 0 aromatic carbocycles. The monoisotopic (exact) mass is 298 g/mol. The summed E-state index contributed by atoms with van der Waals surface area (Å²) < 4.78 is 16.7. The Balaban J connectivity index is 2.05. The second-order valence-corrected chi connectivity index (χ2v) is 6.83. The van der Waals surface area contributed by atoms with Crippen LogP contribution in [0, 0.1) is 17.3 Å². The van der Waals surface area contributed by atoms with E-state index in [2.05, 4.69) is 0 Å². The molecule has 2 bridgehead atoms. The minimum atomic E-state index is -0.787. The first-order valence-electron chi connectivity index (χ1n) is 7.70. The number of aldehydes is 1. The molecule has 0 aromatic heterocycles. The summed E-state index contributed by atoms with van der Waals surface area (Å²) in [7, 11) is 1.64. The van der Waals surface area contributed by atoms with Crippen LogP contribution in [-0.2, 0) is 23.8 Å². The van der Waals surface area contributed by atoms with Crippen LogP contribution < -0.4 is 0 Å². The number of rotatable bonds is 7. The first kappa shape index (κ1) is 16.4. The van der Waals surface area contributed by atoms with E-state index < -0.39 is 11.0 Å². The van der Waals surface area contributed by atoms with Gasteiger partial charge >= 0.3 is 5.97 Å². The number of methoxy groups -OCH3 is 1. The van der Waals surface area contributed by atoms with Gasteiger partial charge in [-0.25, -0.2) is 0 Å². The molecular formula is C16H26O5. The fourth-order valence-corrected chi connectivity index (χ4v) is 3.32. The summed E-state index contributed by atoms with van der Waals surface area (Å²) in [6.07, 6.45) is 3.23. The van der Waals surface area contributed by atoms with Crippen molar-refractivity contribution in [3.05, 3.63) is 0 Å². The Morgan fingerprint density at radius 2 is 2.14 bits per heavy atom. The van der Waals surface area contributed by atoms with Gasteiger partial charge in [-0.2, -0.15) is 0 Å². The minimum Gasteiger partial charge on any atom is -0.465 e. The van der Waals surface area contributed by atoms with Gasteiger partial charge in [0.25, 0.3) is 0 Å². The SMILES string of the molecule is CCC(C)(C)C(=O)OC[C@H]1[C@@H](COC)[C@@H]2CC[C@@]1(C=O)O2. The highest BCUT2D eigenvalue weighted by Crippen LogP contribution is 2.50. The van der Waals surface area contributed by atoms with Crippen LogP contribution in [-0.4, -0.2) is 44.3 Å². The van der Waals surface area contributed by atoms with E-state index in [-0.39, 0.29) is 30.5 Å². The quantitative estimate of drug-likeness (QED) is 0.531. The number of ether oxygens (including phenoxy) is 3. The van der Waals surface area contributed by atoms with Crippen LogP contribution in [0.25, 0.3) is 0 Å². The summed E-state index contributed by atoms with van der Waals surface area (Å²) >= 11 is 0. The van der Waals surface area contributed by atoms with E-state index in [0.717, 1.165) is 19.1 Å². The molecule has 21 heavy (non-hydrogen) atoms. The Morgan fingerprint density at radius 3 is 2.71 bits per heavy atom. The standard InChI is InChI=1S/C16H26O5/c1-5-15(2,3)14(18)20-9-12-11(8-19-4)13-6-7-16(12,10-17)21-13/h10-13H,5-9H2,1-4H3/t11-,12+,13+,16+/m1/s1. The van der Waals surface area contributed by atoms with E-state index >= 15 is 0 Å². The number of hydrogen-bond acceptors (Lipinski definition) is 5. The van der Waals surface area contributed by atoms with Crippen molar-refractivity contribution in [3.63, 3.8) is 0 Å². The maximum Gasteiger partial charge on any atom is 0.311 e. The maximum atomic E-state index is 12.1. The molecular weight excluding hydrogens is 272 g/mol. The van der Waals surface area contributed by atoms with Crippen molar-refractivity contribution < 1.29 is 23.8 Å². The van der Waals surface area contributed by atoms with Gasteiger partial charge in [0.1, 0.15) is 5.60 Å². The molecule has 2 fully saturated rings. The summed E-state index contributed by atoms with van der Waals surface area (Å²) in [5, 5.41) is 0. The molecule has 2 rings (SSSR count). The summed E-state index contributed by atoms with van der Waals surface area (Å²) in [5.74, 6) is -0.207. The summed E-state index contributed by atoms with van der Waals surface area (Å²) in [6, 6.07) is 0. The molecule has 2 saturated heterocycles. The lowest BCUT2D eigenvalue weighted by Gasteiger charge is -2.33. The number of hydrogen-bond donors (Lipinski definition) is 0. The van der Waals surface area contributed by atoms with Crippen molar-refractivity contribution in [2.24, 2.45) is 17.3 Å². The number of esters is 1. The van der Waals surface area contributed by atoms with Crippen LogP contribution in [0.2, 0.25) is 0 Å². The minimum absolute atomic E-state index is 0.0398. The predicted octanol–water partition coefficient (Wildman–Crippen LogP) is 1.97. The molecule has 4 atom stereocenters. The molecule has 2 aliphatic rings. The lowest BCUT2D eigenvalue weighted by molar-refractivity contribution is -0.159. The van der Waals surface area contributed by atoms with Gasteiger partial charge in [-0.3, -0.25) is 4.79 Å². The zero-order chi connectivity index (χ0) is 15.7. The molecule has 2 aliphatic heterocycles. The molecule has 5 nitrogen and oxygen atoms in total. The Kier molecular flexibility index (Phi) is 4.73. The van der Waals surface area contributed by atoms with Gasteiger partial charge in [-0.15, -0.1) is 0 Å². The molecule has 0 spiro atoms. The first-order valence-corrected chi connectivity index (χ1v) is 7.70. The molecule has 0 amide bonds. The second-order valence-electron chi connectivity index (χ2n) is 6.83. The van der Waals surface area contributed by atoms with Crippen molar-refractivity contribution in [1.29, 1.82) is 0 Å². The van der Waals surface area contributed by atoms with Gasteiger partial charge in [0, 0.05) is 18.9 Å². The Hall–Kier alpha value is -0.940. The highest BCUT2D eigenvalue weighted by Gasteiger charge is 2.59. The first-order chi connectivity index (χ1) is 9.90. The number of carbonyl (C=O) groups is 2. The maximum absolute atomic E-state index is 12.1. The van der Waals surface area contributed by atoms with Crippen LogP contribution in [0.4, 0.5) is 0 Å². The molecule has 5 heteroatoms. The zero-order valence-electron chi connectivity index (χ0n) is 13.4. The Labute approximate surface area is 126 Å². The third-order valence-corrected chi connectivity index (χ3v) is 5.20. The van der Waals surface area contributed by atoms with Gasteiger partial charge in [-0.1, -0.05) is 6.92 Å². The van der Waals surface area contributed by atoms with E-state index in [0.29, 0.717) is 13.0 Å². The van der Waals surface area contributed by atoms with Crippen molar-refractivity contribution >= 4 is 12.3 Å². The molecule has 0 saturated carbocycles. The van der Waals surface area contributed by atoms with Crippen LogP contribution in [0.1, 0.15) is 40.0 Å². The van der Waals surface area contributed by atoms with Gasteiger partial charge < -0.3 is 19.0 Å². The molecule has 0 unspecified atom stereocenters.